The Balaban J connectivity index is 1.47. The van der Waals surface area contributed by atoms with Crippen molar-refractivity contribution in [3.05, 3.63) is 78.4 Å². The first-order valence-corrected chi connectivity index (χ1v) is 8.78. The van der Waals surface area contributed by atoms with Gasteiger partial charge in [0.25, 0.3) is 0 Å². The quantitative estimate of drug-likeness (QED) is 0.358. The van der Waals surface area contributed by atoms with E-state index in [1.54, 1.807) is 30.5 Å². The first kappa shape index (κ1) is 19.4. The maximum atomic E-state index is 13.3. The molecule has 0 spiro atoms. The van der Waals surface area contributed by atoms with Gasteiger partial charge < -0.3 is 15.6 Å². The number of pyridine rings is 1. The molecule has 0 radical (unpaired) electrons. The van der Waals surface area contributed by atoms with Gasteiger partial charge in [0, 0.05) is 29.3 Å². The van der Waals surface area contributed by atoms with Gasteiger partial charge in [0.05, 0.1) is 16.6 Å². The Hall–Kier alpha value is -3.88. The largest absolute Gasteiger partial charge is 0.419 e. The molecule has 4 aromatic rings. The number of aromatic nitrogens is 2. The fourth-order valence-corrected chi connectivity index (χ4v) is 3.02. The van der Waals surface area contributed by atoms with Crippen molar-refractivity contribution in [1.29, 1.82) is 0 Å². The molecule has 0 atom stereocenters. The first-order valence-electron chi connectivity index (χ1n) is 8.78. The molecule has 0 saturated heterocycles. The van der Waals surface area contributed by atoms with Crippen LogP contribution in [0.3, 0.4) is 0 Å². The standard InChI is InChI=1S/C21H14F4N4O/c22-17-8-7-14(10-16(17)21(23,24)25)29-20(30)28-13-5-3-12(4-6-13)15-11-27-18-2-1-9-26-19(15)18/h1-11,27H,(H2,28,29,30). The van der Waals surface area contributed by atoms with Gasteiger partial charge in [-0.25, -0.2) is 9.18 Å². The second kappa shape index (κ2) is 7.51. The molecule has 2 aromatic carbocycles. The number of amides is 2. The third-order valence-electron chi connectivity index (χ3n) is 4.42. The van der Waals surface area contributed by atoms with E-state index in [0.29, 0.717) is 17.8 Å². The number of carbonyl (C=O) groups excluding carboxylic acids is 1. The van der Waals surface area contributed by atoms with Gasteiger partial charge in [-0.15, -0.1) is 0 Å². The third kappa shape index (κ3) is 3.95. The van der Waals surface area contributed by atoms with E-state index in [2.05, 4.69) is 20.6 Å². The summed E-state index contributed by atoms with van der Waals surface area (Å²) < 4.78 is 51.7. The summed E-state index contributed by atoms with van der Waals surface area (Å²) in [7, 11) is 0. The molecule has 3 N–H and O–H groups in total. The average molecular weight is 414 g/mol. The molecule has 0 aliphatic carbocycles. The van der Waals surface area contributed by atoms with Crippen molar-refractivity contribution in [2.24, 2.45) is 0 Å². The molecular formula is C21H14F4N4O. The van der Waals surface area contributed by atoms with Crippen LogP contribution < -0.4 is 10.6 Å². The number of rotatable bonds is 3. The Kier molecular flexibility index (Phi) is 4.86. The van der Waals surface area contributed by atoms with Gasteiger partial charge in [0.2, 0.25) is 0 Å². The molecule has 0 aliphatic heterocycles. The second-order valence-corrected chi connectivity index (χ2v) is 6.45. The van der Waals surface area contributed by atoms with Gasteiger partial charge in [0.15, 0.2) is 0 Å². The number of fused-ring (bicyclic) bond motifs is 1. The molecular weight excluding hydrogens is 400 g/mol. The van der Waals surface area contributed by atoms with Crippen LogP contribution in [-0.2, 0) is 6.18 Å². The highest BCUT2D eigenvalue weighted by atomic mass is 19.4. The molecule has 0 saturated carbocycles. The minimum atomic E-state index is -4.86. The number of anilines is 2. The zero-order valence-electron chi connectivity index (χ0n) is 15.2. The fourth-order valence-electron chi connectivity index (χ4n) is 3.02. The van der Waals surface area contributed by atoms with Gasteiger partial charge in [0.1, 0.15) is 5.82 Å². The van der Waals surface area contributed by atoms with Crippen LogP contribution in [0.2, 0.25) is 0 Å². The van der Waals surface area contributed by atoms with Gasteiger partial charge in [-0.1, -0.05) is 12.1 Å². The molecule has 0 unspecified atom stereocenters. The van der Waals surface area contributed by atoms with Crippen molar-refractivity contribution in [3.63, 3.8) is 0 Å². The van der Waals surface area contributed by atoms with Crippen LogP contribution in [0, 0.1) is 5.82 Å². The van der Waals surface area contributed by atoms with Crippen LogP contribution in [-0.4, -0.2) is 16.0 Å². The van der Waals surface area contributed by atoms with Crippen molar-refractivity contribution in [1.82, 2.24) is 9.97 Å². The van der Waals surface area contributed by atoms with Crippen molar-refractivity contribution >= 4 is 28.4 Å². The minimum absolute atomic E-state index is 0.178. The molecule has 0 aliphatic rings. The number of alkyl halides is 3. The third-order valence-corrected chi connectivity index (χ3v) is 4.42. The molecule has 5 nitrogen and oxygen atoms in total. The zero-order valence-corrected chi connectivity index (χ0v) is 15.2. The first-order chi connectivity index (χ1) is 14.3. The van der Waals surface area contributed by atoms with Crippen LogP contribution in [0.25, 0.3) is 22.2 Å². The Morgan fingerprint density at radius 1 is 0.967 bits per heavy atom. The monoisotopic (exact) mass is 414 g/mol. The molecule has 0 fully saturated rings. The number of nitrogens with zero attached hydrogens (tertiary/aromatic N) is 1. The minimum Gasteiger partial charge on any atom is -0.359 e. The molecule has 30 heavy (non-hydrogen) atoms. The lowest BCUT2D eigenvalue weighted by molar-refractivity contribution is -0.139. The molecule has 9 heteroatoms. The van der Waals surface area contributed by atoms with Crippen LogP contribution in [0.1, 0.15) is 5.56 Å². The molecule has 2 heterocycles. The number of benzene rings is 2. The van der Waals surface area contributed by atoms with E-state index >= 15 is 0 Å². The molecule has 2 aromatic heterocycles. The maximum Gasteiger partial charge on any atom is 0.419 e. The Labute approximate surface area is 167 Å². The molecule has 4 rings (SSSR count). The summed E-state index contributed by atoms with van der Waals surface area (Å²) in [5.74, 6) is -1.41. The Morgan fingerprint density at radius 2 is 1.67 bits per heavy atom. The van der Waals surface area contributed by atoms with Crippen LogP contribution in [0.15, 0.2) is 67.0 Å². The highest BCUT2D eigenvalue weighted by molar-refractivity contribution is 6.00. The average Bonchev–Trinajstić information content (AvgIpc) is 3.13. The van der Waals surface area contributed by atoms with Crippen LogP contribution in [0.5, 0.6) is 0 Å². The summed E-state index contributed by atoms with van der Waals surface area (Å²) in [4.78, 5) is 19.6. The van der Waals surface area contributed by atoms with Crippen molar-refractivity contribution in [2.45, 2.75) is 6.18 Å². The number of hydrogen-bond donors (Lipinski definition) is 3. The van der Waals surface area contributed by atoms with Gasteiger partial charge in [-0.2, -0.15) is 13.2 Å². The molecule has 152 valence electrons. The van der Waals surface area contributed by atoms with E-state index in [0.717, 1.165) is 28.2 Å². The lowest BCUT2D eigenvalue weighted by Crippen LogP contribution is -2.20. The Morgan fingerprint density at radius 3 is 2.40 bits per heavy atom. The summed E-state index contributed by atoms with van der Waals surface area (Å²) in [6.07, 6.45) is -1.33. The number of carbonyl (C=O) groups is 1. The van der Waals surface area contributed by atoms with E-state index in [-0.39, 0.29) is 5.69 Å². The number of urea groups is 1. The number of halogens is 4. The van der Waals surface area contributed by atoms with Gasteiger partial charge in [-0.3, -0.25) is 4.98 Å². The summed E-state index contributed by atoms with van der Waals surface area (Å²) in [5.41, 5.74) is 2.29. The highest BCUT2D eigenvalue weighted by Crippen LogP contribution is 2.33. The van der Waals surface area contributed by atoms with Crippen LogP contribution >= 0.6 is 0 Å². The number of H-pyrrole nitrogens is 1. The van der Waals surface area contributed by atoms with Crippen molar-refractivity contribution in [2.75, 3.05) is 10.6 Å². The number of hydrogen-bond acceptors (Lipinski definition) is 2. The topological polar surface area (TPSA) is 69.8 Å². The van der Waals surface area contributed by atoms with E-state index in [1.165, 1.54) is 0 Å². The second-order valence-electron chi connectivity index (χ2n) is 6.45. The number of nitrogens with one attached hydrogen (secondary N) is 3. The fraction of sp³-hybridized carbons (Fsp3) is 0.0476. The normalized spacial score (nSPS) is 11.5. The van der Waals surface area contributed by atoms with E-state index < -0.39 is 23.6 Å². The summed E-state index contributed by atoms with van der Waals surface area (Å²) in [6, 6.07) is 12.1. The van der Waals surface area contributed by atoms with Gasteiger partial charge >= 0.3 is 12.2 Å². The summed E-state index contributed by atoms with van der Waals surface area (Å²) in [5, 5.41) is 4.79. The summed E-state index contributed by atoms with van der Waals surface area (Å²) >= 11 is 0. The SMILES string of the molecule is O=C(Nc1ccc(-c2c[nH]c3cccnc23)cc1)Nc1ccc(F)c(C(F)(F)F)c1. The lowest BCUT2D eigenvalue weighted by atomic mass is 10.1. The van der Waals surface area contributed by atoms with Crippen LogP contribution in [0.4, 0.5) is 33.7 Å². The van der Waals surface area contributed by atoms with E-state index in [4.69, 9.17) is 0 Å². The molecule has 0 bridgehead atoms. The Bertz CT molecular complexity index is 1220. The summed E-state index contributed by atoms with van der Waals surface area (Å²) in [6.45, 7) is 0. The van der Waals surface area contributed by atoms with E-state index in [1.807, 2.05) is 18.3 Å². The van der Waals surface area contributed by atoms with E-state index in [9.17, 15) is 22.4 Å². The van der Waals surface area contributed by atoms with Crippen molar-refractivity contribution < 1.29 is 22.4 Å². The predicted molar refractivity (Wildman–Crippen MR) is 106 cm³/mol. The maximum absolute atomic E-state index is 13.3. The number of aromatic amines is 1. The predicted octanol–water partition coefficient (Wildman–Crippen LogP) is 6.03. The molecule has 2 amide bonds. The zero-order chi connectivity index (χ0) is 21.3. The highest BCUT2D eigenvalue weighted by Gasteiger charge is 2.34. The smallest absolute Gasteiger partial charge is 0.359 e. The lowest BCUT2D eigenvalue weighted by Gasteiger charge is -2.12. The van der Waals surface area contributed by atoms with Crippen molar-refractivity contribution in [3.8, 4) is 11.1 Å². The van der Waals surface area contributed by atoms with Gasteiger partial charge in [-0.05, 0) is 48.0 Å².